The molecule has 0 aromatic carbocycles. The van der Waals surface area contributed by atoms with Crippen LogP contribution < -0.4 is 0 Å². The summed E-state index contributed by atoms with van der Waals surface area (Å²) in [5.74, 6) is 0. The van der Waals surface area contributed by atoms with Gasteiger partial charge in [0.15, 0.2) is 0 Å². The monoisotopic (exact) mass is 283 g/mol. The Morgan fingerprint density at radius 3 is 1.95 bits per heavy atom. The zero-order valence-corrected chi connectivity index (χ0v) is 14.0. The number of hydrogen-bond donors (Lipinski definition) is 0. The molecule has 0 amide bonds. The predicted molar refractivity (Wildman–Crippen MR) is 88.3 cm³/mol. The van der Waals surface area contributed by atoms with Gasteiger partial charge in [-0.3, -0.25) is 4.90 Å². The van der Waals surface area contributed by atoms with Crippen LogP contribution in [-0.4, -0.2) is 37.2 Å². The van der Waals surface area contributed by atoms with Gasteiger partial charge in [0, 0.05) is 13.1 Å². The van der Waals surface area contributed by atoms with E-state index in [9.17, 15) is 0 Å². The van der Waals surface area contributed by atoms with Gasteiger partial charge in [-0.25, -0.2) is 0 Å². The molecular formula is C18H37NO. The molecular weight excluding hydrogens is 246 g/mol. The third-order valence-electron chi connectivity index (χ3n) is 4.40. The second-order valence-electron chi connectivity index (χ2n) is 6.52. The summed E-state index contributed by atoms with van der Waals surface area (Å²) in [4.78, 5) is 2.57. The summed E-state index contributed by atoms with van der Waals surface area (Å²) in [7, 11) is 0. The summed E-state index contributed by atoms with van der Waals surface area (Å²) in [6, 6.07) is 0. The molecule has 0 radical (unpaired) electrons. The van der Waals surface area contributed by atoms with Crippen molar-refractivity contribution in [1.82, 2.24) is 4.90 Å². The molecule has 1 unspecified atom stereocenters. The van der Waals surface area contributed by atoms with Crippen molar-refractivity contribution in [2.75, 3.05) is 26.2 Å². The lowest BCUT2D eigenvalue weighted by molar-refractivity contribution is -0.0186. The molecule has 2 nitrogen and oxygen atoms in total. The third-order valence-corrected chi connectivity index (χ3v) is 4.40. The van der Waals surface area contributed by atoms with Gasteiger partial charge in [-0.05, 0) is 19.9 Å². The molecule has 1 aliphatic rings. The van der Waals surface area contributed by atoms with E-state index in [2.05, 4.69) is 18.7 Å². The molecule has 1 fully saturated rings. The first-order valence-electron chi connectivity index (χ1n) is 9.17. The highest BCUT2D eigenvalue weighted by Crippen LogP contribution is 2.12. The average molecular weight is 284 g/mol. The zero-order chi connectivity index (χ0) is 14.5. The van der Waals surface area contributed by atoms with Gasteiger partial charge < -0.3 is 4.74 Å². The van der Waals surface area contributed by atoms with Gasteiger partial charge in [0.2, 0.25) is 0 Å². The molecule has 1 heterocycles. The van der Waals surface area contributed by atoms with Crippen LogP contribution in [0.1, 0.15) is 84.5 Å². The molecule has 0 bridgehead atoms. The third kappa shape index (κ3) is 9.77. The van der Waals surface area contributed by atoms with Crippen LogP contribution in [0.2, 0.25) is 0 Å². The Labute approximate surface area is 127 Å². The first-order valence-corrected chi connectivity index (χ1v) is 9.17. The number of morpholine rings is 1. The highest BCUT2D eigenvalue weighted by molar-refractivity contribution is 4.67. The lowest BCUT2D eigenvalue weighted by atomic mass is 10.1. The van der Waals surface area contributed by atoms with Crippen LogP contribution in [0.15, 0.2) is 0 Å². The van der Waals surface area contributed by atoms with E-state index in [4.69, 9.17) is 4.74 Å². The molecule has 0 saturated carbocycles. The second kappa shape index (κ2) is 12.6. The van der Waals surface area contributed by atoms with E-state index >= 15 is 0 Å². The quantitative estimate of drug-likeness (QED) is 0.466. The van der Waals surface area contributed by atoms with E-state index in [0.717, 1.165) is 19.7 Å². The smallest absolute Gasteiger partial charge is 0.0674 e. The maximum absolute atomic E-state index is 5.57. The summed E-state index contributed by atoms with van der Waals surface area (Å²) in [6.45, 7) is 8.97. The van der Waals surface area contributed by atoms with E-state index in [0.29, 0.717) is 6.10 Å². The highest BCUT2D eigenvalue weighted by atomic mass is 16.5. The van der Waals surface area contributed by atoms with Crippen LogP contribution in [0, 0.1) is 0 Å². The van der Waals surface area contributed by atoms with Crippen molar-refractivity contribution < 1.29 is 4.74 Å². The Hall–Kier alpha value is -0.0800. The van der Waals surface area contributed by atoms with Crippen LogP contribution in [-0.2, 0) is 4.74 Å². The Morgan fingerprint density at radius 1 is 0.850 bits per heavy atom. The topological polar surface area (TPSA) is 12.5 Å². The first-order chi connectivity index (χ1) is 9.83. The van der Waals surface area contributed by atoms with Crippen LogP contribution in [0.5, 0.6) is 0 Å². The number of nitrogens with zero attached hydrogens (tertiary/aromatic N) is 1. The van der Waals surface area contributed by atoms with Gasteiger partial charge in [-0.2, -0.15) is 0 Å². The predicted octanol–water partition coefficient (Wildman–Crippen LogP) is 5.02. The molecule has 0 aromatic heterocycles. The molecule has 1 aliphatic heterocycles. The lowest BCUT2D eigenvalue weighted by Gasteiger charge is -2.30. The number of ether oxygens (including phenoxy) is 1. The summed E-state index contributed by atoms with van der Waals surface area (Å²) in [5.41, 5.74) is 0. The summed E-state index contributed by atoms with van der Waals surface area (Å²) in [6.07, 6.45) is 16.2. The molecule has 0 aromatic rings. The first kappa shape index (κ1) is 18.0. The van der Waals surface area contributed by atoms with Gasteiger partial charge in [0.25, 0.3) is 0 Å². The maximum Gasteiger partial charge on any atom is 0.0674 e. The standard InChI is InChI=1S/C18H37NO/c1-3-4-5-6-7-8-9-10-11-12-13-14-19-15-16-20-18(2)17-19/h18H,3-17H2,1-2H3. The molecule has 0 spiro atoms. The summed E-state index contributed by atoms with van der Waals surface area (Å²) >= 11 is 0. The van der Waals surface area contributed by atoms with Crippen molar-refractivity contribution in [1.29, 1.82) is 0 Å². The number of unbranched alkanes of at least 4 members (excludes halogenated alkanes) is 10. The average Bonchev–Trinajstić information content (AvgIpc) is 2.45. The molecule has 0 aliphatic carbocycles. The van der Waals surface area contributed by atoms with Crippen molar-refractivity contribution in [3.63, 3.8) is 0 Å². The van der Waals surface area contributed by atoms with Gasteiger partial charge >= 0.3 is 0 Å². The molecule has 0 N–H and O–H groups in total. The largest absolute Gasteiger partial charge is 0.376 e. The Bertz CT molecular complexity index is 208. The van der Waals surface area contributed by atoms with Crippen molar-refractivity contribution in [3.8, 4) is 0 Å². The SMILES string of the molecule is CCCCCCCCCCCCCN1CCOC(C)C1. The summed E-state index contributed by atoms with van der Waals surface area (Å²) < 4.78 is 5.57. The van der Waals surface area contributed by atoms with Gasteiger partial charge in [0.05, 0.1) is 12.7 Å². The fourth-order valence-corrected chi connectivity index (χ4v) is 3.09. The fraction of sp³-hybridized carbons (Fsp3) is 1.00. The minimum atomic E-state index is 0.441. The van der Waals surface area contributed by atoms with Crippen LogP contribution in [0.4, 0.5) is 0 Å². The summed E-state index contributed by atoms with van der Waals surface area (Å²) in [5, 5.41) is 0. The molecule has 2 heteroatoms. The minimum Gasteiger partial charge on any atom is -0.376 e. The molecule has 1 saturated heterocycles. The van der Waals surface area contributed by atoms with Crippen molar-refractivity contribution in [3.05, 3.63) is 0 Å². The van der Waals surface area contributed by atoms with Crippen molar-refractivity contribution in [2.45, 2.75) is 90.6 Å². The van der Waals surface area contributed by atoms with E-state index in [1.165, 1.54) is 77.2 Å². The van der Waals surface area contributed by atoms with Crippen LogP contribution in [0.3, 0.4) is 0 Å². The molecule has 1 rings (SSSR count). The van der Waals surface area contributed by atoms with Gasteiger partial charge in [-0.15, -0.1) is 0 Å². The highest BCUT2D eigenvalue weighted by Gasteiger charge is 2.15. The molecule has 120 valence electrons. The van der Waals surface area contributed by atoms with Crippen molar-refractivity contribution >= 4 is 0 Å². The maximum atomic E-state index is 5.57. The molecule has 20 heavy (non-hydrogen) atoms. The Morgan fingerprint density at radius 2 is 1.40 bits per heavy atom. The van der Waals surface area contributed by atoms with Crippen LogP contribution >= 0.6 is 0 Å². The number of rotatable bonds is 12. The zero-order valence-electron chi connectivity index (χ0n) is 14.0. The van der Waals surface area contributed by atoms with E-state index in [1.54, 1.807) is 0 Å². The van der Waals surface area contributed by atoms with Crippen molar-refractivity contribution in [2.24, 2.45) is 0 Å². The van der Waals surface area contributed by atoms with Gasteiger partial charge in [-0.1, -0.05) is 71.1 Å². The fourth-order valence-electron chi connectivity index (χ4n) is 3.09. The van der Waals surface area contributed by atoms with E-state index in [-0.39, 0.29) is 0 Å². The van der Waals surface area contributed by atoms with E-state index in [1.807, 2.05) is 0 Å². The normalized spacial score (nSPS) is 20.4. The Kier molecular flexibility index (Phi) is 11.4. The van der Waals surface area contributed by atoms with E-state index < -0.39 is 0 Å². The van der Waals surface area contributed by atoms with Crippen LogP contribution in [0.25, 0.3) is 0 Å². The Balaban J connectivity index is 1.76. The lowest BCUT2D eigenvalue weighted by Crippen LogP contribution is -2.41. The second-order valence-corrected chi connectivity index (χ2v) is 6.52. The molecule has 1 atom stereocenters. The minimum absolute atomic E-state index is 0.441. The van der Waals surface area contributed by atoms with Gasteiger partial charge in [0.1, 0.15) is 0 Å². The number of hydrogen-bond acceptors (Lipinski definition) is 2.